The minimum Gasteiger partial charge on any atom is -0.478 e. The Morgan fingerprint density at radius 1 is 1.60 bits per heavy atom. The van der Waals surface area contributed by atoms with Crippen molar-refractivity contribution in [1.29, 1.82) is 0 Å². The number of hydrogen-bond donors (Lipinski definition) is 2. The highest BCUT2D eigenvalue weighted by Crippen LogP contribution is 2.26. The summed E-state index contributed by atoms with van der Waals surface area (Å²) in [7, 11) is 3.54. The first-order chi connectivity index (χ1) is 7.15. The van der Waals surface area contributed by atoms with Gasteiger partial charge >= 0.3 is 5.97 Å². The summed E-state index contributed by atoms with van der Waals surface area (Å²) in [6.45, 7) is 0. The zero-order valence-electron chi connectivity index (χ0n) is 8.48. The summed E-state index contributed by atoms with van der Waals surface area (Å²) in [6.07, 6.45) is 3.22. The van der Waals surface area contributed by atoms with E-state index < -0.39 is 5.97 Å². The van der Waals surface area contributed by atoms with Gasteiger partial charge in [-0.2, -0.15) is 0 Å². The number of aryl methyl sites for hydroxylation is 1. The molecule has 0 saturated carbocycles. The Balaban J connectivity index is 2.88. The molecule has 2 aromatic heterocycles. The number of nitrogens with zero attached hydrogens (tertiary/aromatic N) is 2. The van der Waals surface area contributed by atoms with Crippen LogP contribution in [-0.2, 0) is 7.05 Å². The average molecular weight is 205 g/mol. The van der Waals surface area contributed by atoms with Crippen molar-refractivity contribution < 1.29 is 9.90 Å². The van der Waals surface area contributed by atoms with Crippen molar-refractivity contribution in [1.82, 2.24) is 9.55 Å². The Kier molecular flexibility index (Phi) is 2.07. The smallest absolute Gasteiger partial charge is 0.338 e. The summed E-state index contributed by atoms with van der Waals surface area (Å²) in [5, 5.41) is 12.7. The molecule has 0 amide bonds. The standard InChI is InChI=1S/C10H11N3O2/c1-11-7-3-4-12-9-8(7)6(10(14)15)5-13(9)2/h3-5H,1-2H3,(H,11,12)(H,14,15). The fraction of sp³-hybridized carbons (Fsp3) is 0.200. The van der Waals surface area contributed by atoms with Crippen molar-refractivity contribution in [2.75, 3.05) is 12.4 Å². The fourth-order valence-corrected chi connectivity index (χ4v) is 1.67. The molecule has 0 unspecified atom stereocenters. The summed E-state index contributed by atoms with van der Waals surface area (Å²) < 4.78 is 1.71. The molecule has 0 radical (unpaired) electrons. The van der Waals surface area contributed by atoms with Gasteiger partial charge in [0.2, 0.25) is 0 Å². The van der Waals surface area contributed by atoms with Gasteiger partial charge in [-0.25, -0.2) is 9.78 Å². The Morgan fingerprint density at radius 3 is 2.93 bits per heavy atom. The molecule has 0 aliphatic heterocycles. The molecule has 15 heavy (non-hydrogen) atoms. The second kappa shape index (κ2) is 3.27. The summed E-state index contributed by atoms with van der Waals surface area (Å²) in [5.74, 6) is -0.940. The van der Waals surface area contributed by atoms with Gasteiger partial charge in [-0.1, -0.05) is 0 Å². The van der Waals surface area contributed by atoms with Crippen LogP contribution in [0, 0.1) is 0 Å². The van der Waals surface area contributed by atoms with Gasteiger partial charge in [0.15, 0.2) is 0 Å². The second-order valence-electron chi connectivity index (χ2n) is 3.27. The lowest BCUT2D eigenvalue weighted by atomic mass is 10.2. The number of carboxylic acids is 1. The molecule has 0 spiro atoms. The van der Waals surface area contributed by atoms with Crippen LogP contribution in [0.15, 0.2) is 18.5 Å². The monoisotopic (exact) mass is 205 g/mol. The Labute approximate surface area is 86.4 Å². The summed E-state index contributed by atoms with van der Waals surface area (Å²) >= 11 is 0. The van der Waals surface area contributed by atoms with Gasteiger partial charge in [-0.3, -0.25) is 0 Å². The van der Waals surface area contributed by atoms with Gasteiger partial charge in [0.05, 0.1) is 10.9 Å². The highest BCUT2D eigenvalue weighted by Gasteiger charge is 2.16. The van der Waals surface area contributed by atoms with Crippen LogP contribution < -0.4 is 5.32 Å². The van der Waals surface area contributed by atoms with E-state index in [4.69, 9.17) is 5.11 Å². The largest absolute Gasteiger partial charge is 0.478 e. The van der Waals surface area contributed by atoms with Crippen molar-refractivity contribution in [3.8, 4) is 0 Å². The first-order valence-corrected chi connectivity index (χ1v) is 4.50. The van der Waals surface area contributed by atoms with E-state index in [2.05, 4.69) is 10.3 Å². The molecular weight excluding hydrogens is 194 g/mol. The predicted molar refractivity (Wildman–Crippen MR) is 57.2 cm³/mol. The molecule has 0 atom stereocenters. The van der Waals surface area contributed by atoms with Crippen LogP contribution in [-0.4, -0.2) is 27.7 Å². The van der Waals surface area contributed by atoms with Crippen molar-refractivity contribution in [3.05, 3.63) is 24.0 Å². The number of fused-ring (bicyclic) bond motifs is 1. The van der Waals surface area contributed by atoms with Crippen LogP contribution in [0.3, 0.4) is 0 Å². The molecule has 5 heteroatoms. The molecule has 2 aromatic rings. The number of carbonyl (C=O) groups is 1. The number of carboxylic acid groups (broad SMARTS) is 1. The van der Waals surface area contributed by atoms with Gasteiger partial charge in [-0.15, -0.1) is 0 Å². The van der Waals surface area contributed by atoms with Crippen LogP contribution in [0.2, 0.25) is 0 Å². The predicted octanol–water partition coefficient (Wildman–Crippen LogP) is 1.31. The molecule has 2 rings (SSSR count). The summed E-state index contributed by atoms with van der Waals surface area (Å²) in [4.78, 5) is 15.2. The van der Waals surface area contributed by atoms with E-state index in [9.17, 15) is 4.79 Å². The van der Waals surface area contributed by atoms with Crippen LogP contribution in [0.4, 0.5) is 5.69 Å². The fourth-order valence-electron chi connectivity index (χ4n) is 1.67. The van der Waals surface area contributed by atoms with Gasteiger partial charge in [0.1, 0.15) is 5.65 Å². The maximum atomic E-state index is 11.0. The third-order valence-corrected chi connectivity index (χ3v) is 2.36. The molecule has 0 aliphatic carbocycles. The van der Waals surface area contributed by atoms with Gasteiger partial charge < -0.3 is 15.0 Å². The van der Waals surface area contributed by atoms with Crippen molar-refractivity contribution in [2.45, 2.75) is 0 Å². The Bertz CT molecular complexity index is 531. The van der Waals surface area contributed by atoms with E-state index in [-0.39, 0.29) is 5.56 Å². The molecule has 5 nitrogen and oxygen atoms in total. The van der Waals surface area contributed by atoms with Crippen molar-refractivity contribution in [2.24, 2.45) is 7.05 Å². The van der Waals surface area contributed by atoms with E-state index in [1.54, 1.807) is 37.1 Å². The highest BCUT2D eigenvalue weighted by atomic mass is 16.4. The lowest BCUT2D eigenvalue weighted by Gasteiger charge is -2.02. The third kappa shape index (κ3) is 1.32. The molecule has 78 valence electrons. The molecule has 0 aromatic carbocycles. The quantitative estimate of drug-likeness (QED) is 0.775. The molecule has 0 aliphatic rings. The lowest BCUT2D eigenvalue weighted by Crippen LogP contribution is -1.97. The number of nitrogens with one attached hydrogen (secondary N) is 1. The minimum absolute atomic E-state index is 0.268. The van der Waals surface area contributed by atoms with E-state index in [1.165, 1.54) is 0 Å². The van der Waals surface area contributed by atoms with Crippen LogP contribution >= 0.6 is 0 Å². The molecule has 2 heterocycles. The van der Waals surface area contributed by atoms with Gasteiger partial charge in [0.25, 0.3) is 0 Å². The van der Waals surface area contributed by atoms with Gasteiger partial charge in [-0.05, 0) is 6.07 Å². The normalized spacial score (nSPS) is 10.5. The van der Waals surface area contributed by atoms with Crippen molar-refractivity contribution in [3.63, 3.8) is 0 Å². The van der Waals surface area contributed by atoms with E-state index in [1.807, 2.05) is 0 Å². The number of pyridine rings is 1. The number of rotatable bonds is 2. The minimum atomic E-state index is -0.940. The van der Waals surface area contributed by atoms with Crippen LogP contribution in [0.5, 0.6) is 0 Å². The molecular formula is C10H11N3O2. The van der Waals surface area contributed by atoms with Crippen molar-refractivity contribution >= 4 is 22.7 Å². The summed E-state index contributed by atoms with van der Waals surface area (Å²) in [5.41, 5.74) is 1.71. The number of aromatic carboxylic acids is 1. The van der Waals surface area contributed by atoms with Crippen LogP contribution in [0.1, 0.15) is 10.4 Å². The Morgan fingerprint density at radius 2 is 2.33 bits per heavy atom. The van der Waals surface area contributed by atoms with E-state index in [0.717, 1.165) is 5.69 Å². The summed E-state index contributed by atoms with van der Waals surface area (Å²) in [6, 6.07) is 1.76. The third-order valence-electron chi connectivity index (χ3n) is 2.36. The Hall–Kier alpha value is -2.04. The average Bonchev–Trinajstić information content (AvgIpc) is 2.56. The van der Waals surface area contributed by atoms with Crippen LogP contribution in [0.25, 0.3) is 11.0 Å². The maximum absolute atomic E-state index is 11.0. The zero-order chi connectivity index (χ0) is 11.0. The second-order valence-corrected chi connectivity index (χ2v) is 3.27. The lowest BCUT2D eigenvalue weighted by molar-refractivity contribution is 0.0699. The first-order valence-electron chi connectivity index (χ1n) is 4.50. The number of anilines is 1. The highest BCUT2D eigenvalue weighted by molar-refractivity contribution is 6.07. The van der Waals surface area contributed by atoms with Gasteiger partial charge in [0, 0.05) is 32.2 Å². The van der Waals surface area contributed by atoms with E-state index in [0.29, 0.717) is 11.0 Å². The SMILES string of the molecule is CNc1ccnc2c1c(C(=O)O)cn2C. The van der Waals surface area contributed by atoms with E-state index >= 15 is 0 Å². The topological polar surface area (TPSA) is 67.2 Å². The molecule has 0 bridgehead atoms. The number of aromatic nitrogens is 2. The number of hydrogen-bond acceptors (Lipinski definition) is 3. The first kappa shape index (κ1) is 9.51. The molecule has 0 saturated heterocycles. The zero-order valence-corrected chi connectivity index (χ0v) is 8.48. The molecule has 2 N–H and O–H groups in total. The maximum Gasteiger partial charge on any atom is 0.338 e. The molecule has 0 fully saturated rings.